The van der Waals surface area contributed by atoms with Crippen LogP contribution in [0.15, 0.2) is 0 Å². The second kappa shape index (κ2) is 6.84. The highest BCUT2D eigenvalue weighted by Crippen LogP contribution is 2.19. The van der Waals surface area contributed by atoms with Crippen molar-refractivity contribution in [3.63, 3.8) is 0 Å². The van der Waals surface area contributed by atoms with Crippen LogP contribution < -0.4 is 10.6 Å². The number of nitrogens with one attached hydrogen (secondary N) is 2. The topological polar surface area (TPSA) is 58.2 Å². The number of hydrogen-bond donors (Lipinski definition) is 2. The number of carbonyl (C=O) groups is 2. The Hall–Kier alpha value is -0.550. The van der Waals surface area contributed by atoms with Gasteiger partial charge in [-0.1, -0.05) is 13.8 Å². The Balaban J connectivity index is 0.000000791. The summed E-state index contributed by atoms with van der Waals surface area (Å²) >= 11 is 1.48. The van der Waals surface area contributed by atoms with Crippen LogP contribution in [0.3, 0.4) is 0 Å². The Morgan fingerprint density at radius 1 is 1.43 bits per heavy atom. The van der Waals surface area contributed by atoms with E-state index in [2.05, 4.69) is 10.6 Å². The van der Waals surface area contributed by atoms with Gasteiger partial charge < -0.3 is 5.32 Å². The largest absolute Gasteiger partial charge is 0.358 e. The Morgan fingerprint density at radius 3 is 2.36 bits per heavy atom. The molecule has 0 aromatic carbocycles. The second-order valence-corrected chi connectivity index (χ2v) is 3.80. The van der Waals surface area contributed by atoms with E-state index in [9.17, 15) is 9.59 Å². The zero-order valence-corrected chi connectivity index (χ0v) is 9.90. The van der Waals surface area contributed by atoms with E-state index in [0.29, 0.717) is 5.75 Å². The molecule has 14 heavy (non-hydrogen) atoms. The molecule has 1 aliphatic rings. The lowest BCUT2D eigenvalue weighted by molar-refractivity contribution is -0.122. The van der Waals surface area contributed by atoms with E-state index in [1.165, 1.54) is 18.7 Å². The first-order valence-electron chi connectivity index (χ1n) is 4.75. The van der Waals surface area contributed by atoms with Crippen LogP contribution >= 0.6 is 11.8 Å². The third kappa shape index (κ3) is 3.67. The molecule has 0 aliphatic carbocycles. The van der Waals surface area contributed by atoms with Crippen LogP contribution in [0.2, 0.25) is 0 Å². The summed E-state index contributed by atoms with van der Waals surface area (Å²) < 4.78 is 0. The minimum atomic E-state index is -0.214. The van der Waals surface area contributed by atoms with E-state index in [1.54, 1.807) is 7.05 Å². The number of Topliss-reactive ketones (excluding diaryl/α,β-unsaturated/α-hetero) is 1. The lowest BCUT2D eigenvalue weighted by Gasteiger charge is -2.08. The molecule has 1 aliphatic heterocycles. The summed E-state index contributed by atoms with van der Waals surface area (Å²) in [6.07, 6.45) is 0. The van der Waals surface area contributed by atoms with Gasteiger partial charge in [-0.2, -0.15) is 0 Å². The molecule has 1 amide bonds. The van der Waals surface area contributed by atoms with Crippen molar-refractivity contribution in [2.24, 2.45) is 0 Å². The fourth-order valence-electron chi connectivity index (χ4n) is 1.03. The predicted molar refractivity (Wildman–Crippen MR) is 59.3 cm³/mol. The summed E-state index contributed by atoms with van der Waals surface area (Å²) in [7, 11) is 1.59. The smallest absolute Gasteiger partial charge is 0.237 e. The maximum atomic E-state index is 11.1. The van der Waals surface area contributed by atoms with Gasteiger partial charge in [-0.05, 0) is 6.92 Å². The molecule has 1 heterocycles. The number of amides is 1. The maximum absolute atomic E-state index is 11.1. The molecule has 2 atom stereocenters. The van der Waals surface area contributed by atoms with Crippen LogP contribution in [-0.4, -0.2) is 35.9 Å². The van der Waals surface area contributed by atoms with E-state index in [4.69, 9.17) is 0 Å². The van der Waals surface area contributed by atoms with Gasteiger partial charge in [0.1, 0.15) is 5.37 Å². The highest BCUT2D eigenvalue weighted by Gasteiger charge is 2.31. The third-order valence-corrected chi connectivity index (χ3v) is 3.04. The number of hydrogen-bond acceptors (Lipinski definition) is 4. The summed E-state index contributed by atoms with van der Waals surface area (Å²) in [5, 5.41) is 5.28. The highest BCUT2D eigenvalue weighted by molar-refractivity contribution is 8.00. The van der Waals surface area contributed by atoms with Gasteiger partial charge in [-0.3, -0.25) is 14.9 Å². The molecule has 0 radical (unpaired) electrons. The minimum absolute atomic E-state index is 0.0498. The second-order valence-electron chi connectivity index (χ2n) is 2.66. The molecule has 0 saturated carbocycles. The monoisotopic (exact) mass is 218 g/mol. The summed E-state index contributed by atoms with van der Waals surface area (Å²) in [6.45, 7) is 5.52. The molecular formula is C9H18N2O2S. The van der Waals surface area contributed by atoms with Crippen molar-refractivity contribution in [3.8, 4) is 0 Å². The molecule has 5 heteroatoms. The molecule has 0 aromatic rings. The molecule has 2 N–H and O–H groups in total. The number of thioether (sulfide) groups is 1. The molecule has 1 fully saturated rings. The van der Waals surface area contributed by atoms with Crippen LogP contribution in [0, 0.1) is 0 Å². The van der Waals surface area contributed by atoms with Gasteiger partial charge in [-0.25, -0.2) is 0 Å². The van der Waals surface area contributed by atoms with Crippen molar-refractivity contribution in [1.29, 1.82) is 0 Å². The summed E-state index contributed by atoms with van der Waals surface area (Å²) in [4.78, 5) is 22.0. The number of rotatable bonds is 2. The van der Waals surface area contributed by atoms with E-state index in [-0.39, 0.29) is 23.1 Å². The van der Waals surface area contributed by atoms with Crippen molar-refractivity contribution >= 4 is 23.5 Å². The molecular weight excluding hydrogens is 200 g/mol. The Labute approximate surface area is 89.2 Å². The molecule has 0 spiro atoms. The first-order chi connectivity index (χ1) is 6.65. The van der Waals surface area contributed by atoms with Crippen molar-refractivity contribution in [1.82, 2.24) is 10.6 Å². The van der Waals surface area contributed by atoms with Crippen molar-refractivity contribution in [2.75, 3.05) is 12.8 Å². The van der Waals surface area contributed by atoms with Crippen LogP contribution in [0.4, 0.5) is 0 Å². The first-order valence-corrected chi connectivity index (χ1v) is 5.79. The molecule has 4 nitrogen and oxygen atoms in total. The highest BCUT2D eigenvalue weighted by atomic mass is 32.2. The third-order valence-electron chi connectivity index (χ3n) is 1.71. The summed E-state index contributed by atoms with van der Waals surface area (Å²) in [6, 6.07) is -0.214. The SMILES string of the molecule is CC.CNC(=O)C1CSC(C(C)=O)N1. The average Bonchev–Trinajstić information content (AvgIpc) is 2.68. The first kappa shape index (κ1) is 13.4. The van der Waals surface area contributed by atoms with Crippen LogP contribution in [0.25, 0.3) is 0 Å². The zero-order chi connectivity index (χ0) is 11.1. The van der Waals surface area contributed by atoms with Crippen LogP contribution in [0.5, 0.6) is 0 Å². The Bertz CT molecular complexity index is 209. The van der Waals surface area contributed by atoms with Gasteiger partial charge >= 0.3 is 0 Å². The van der Waals surface area contributed by atoms with Crippen molar-refractivity contribution in [3.05, 3.63) is 0 Å². The lowest BCUT2D eigenvalue weighted by Crippen LogP contribution is -2.44. The van der Waals surface area contributed by atoms with Gasteiger partial charge in [0, 0.05) is 12.8 Å². The van der Waals surface area contributed by atoms with Gasteiger partial charge in [0.25, 0.3) is 0 Å². The normalized spacial score (nSPS) is 24.9. The Morgan fingerprint density at radius 2 is 2.00 bits per heavy atom. The van der Waals surface area contributed by atoms with Gasteiger partial charge in [0.15, 0.2) is 5.78 Å². The summed E-state index contributed by atoms with van der Waals surface area (Å²) in [5.74, 6) is 0.696. The van der Waals surface area contributed by atoms with Crippen LogP contribution in [-0.2, 0) is 9.59 Å². The van der Waals surface area contributed by atoms with Crippen molar-refractivity contribution in [2.45, 2.75) is 32.2 Å². The van der Waals surface area contributed by atoms with E-state index >= 15 is 0 Å². The molecule has 1 saturated heterocycles. The quantitative estimate of drug-likeness (QED) is 0.703. The predicted octanol–water partition coefficient (Wildman–Crippen LogP) is 0.379. The average molecular weight is 218 g/mol. The lowest BCUT2D eigenvalue weighted by atomic mass is 10.3. The molecule has 0 aromatic heterocycles. The number of likely N-dealkylation sites (N-methyl/N-ethyl adjacent to an activating group) is 1. The van der Waals surface area contributed by atoms with Crippen molar-refractivity contribution < 1.29 is 9.59 Å². The maximum Gasteiger partial charge on any atom is 0.237 e. The standard InChI is InChI=1S/C7H12N2O2S.C2H6/c1-4(10)7-9-5(3-12-7)6(11)8-2;1-2/h5,7,9H,3H2,1-2H3,(H,8,11);1-2H3. The van der Waals surface area contributed by atoms with E-state index < -0.39 is 0 Å². The fraction of sp³-hybridized carbons (Fsp3) is 0.778. The molecule has 1 rings (SSSR count). The minimum Gasteiger partial charge on any atom is -0.358 e. The fourth-order valence-corrected chi connectivity index (χ4v) is 2.16. The van der Waals surface area contributed by atoms with Gasteiger partial charge in [0.05, 0.1) is 6.04 Å². The zero-order valence-electron chi connectivity index (χ0n) is 9.09. The summed E-state index contributed by atoms with van der Waals surface area (Å²) in [5.41, 5.74) is 0. The van der Waals surface area contributed by atoms with Gasteiger partial charge in [-0.15, -0.1) is 11.8 Å². The number of ketones is 1. The number of carbonyl (C=O) groups excluding carboxylic acids is 2. The van der Waals surface area contributed by atoms with Crippen LogP contribution in [0.1, 0.15) is 20.8 Å². The molecule has 2 unspecified atom stereocenters. The van der Waals surface area contributed by atoms with Gasteiger partial charge in [0.2, 0.25) is 5.91 Å². The Kier molecular flexibility index (Phi) is 6.57. The molecule has 82 valence electrons. The van der Waals surface area contributed by atoms with E-state index in [1.807, 2.05) is 13.8 Å². The van der Waals surface area contributed by atoms with E-state index in [0.717, 1.165) is 0 Å². The molecule has 0 bridgehead atoms.